The van der Waals surface area contributed by atoms with Crippen LogP contribution in [0.15, 0.2) is 67.0 Å². The highest BCUT2D eigenvalue weighted by molar-refractivity contribution is 5.24. The Balaban J connectivity index is 1.62. The van der Waals surface area contributed by atoms with E-state index in [0.717, 1.165) is 30.1 Å². The van der Waals surface area contributed by atoms with E-state index in [1.807, 2.05) is 36.3 Å². The van der Waals surface area contributed by atoms with E-state index < -0.39 is 11.7 Å². The van der Waals surface area contributed by atoms with Crippen LogP contribution in [0.2, 0.25) is 0 Å². The molecular weight excluding hydrogens is 339 g/mol. The first kappa shape index (κ1) is 18.2. The third-order valence-corrected chi connectivity index (χ3v) is 4.14. The maximum atomic E-state index is 12.6. The molecule has 26 heavy (non-hydrogen) atoms. The first-order valence-electron chi connectivity index (χ1n) is 8.30. The van der Waals surface area contributed by atoms with E-state index in [0.29, 0.717) is 13.1 Å². The van der Waals surface area contributed by atoms with Gasteiger partial charge in [-0.05, 0) is 30.3 Å². The maximum Gasteiger partial charge on any atom is 0.416 e. The average molecular weight is 359 g/mol. The minimum Gasteiger partial charge on any atom is -0.329 e. The molecule has 0 aliphatic heterocycles. The van der Waals surface area contributed by atoms with Gasteiger partial charge in [0.25, 0.3) is 0 Å². The number of alkyl halides is 3. The van der Waals surface area contributed by atoms with Crippen molar-refractivity contribution in [1.82, 2.24) is 14.5 Å². The summed E-state index contributed by atoms with van der Waals surface area (Å²) in [5.74, 6) is 0.920. The Kier molecular flexibility index (Phi) is 5.42. The molecule has 2 aromatic carbocycles. The van der Waals surface area contributed by atoms with Crippen molar-refractivity contribution >= 4 is 0 Å². The monoisotopic (exact) mass is 359 g/mol. The summed E-state index contributed by atoms with van der Waals surface area (Å²) in [4.78, 5) is 6.45. The molecular formula is C20H20F3N3. The lowest BCUT2D eigenvalue weighted by Crippen LogP contribution is -2.20. The molecule has 1 heterocycles. The summed E-state index contributed by atoms with van der Waals surface area (Å²) in [6.45, 7) is 1.90. The van der Waals surface area contributed by atoms with Crippen LogP contribution in [-0.2, 0) is 25.8 Å². The van der Waals surface area contributed by atoms with E-state index in [-0.39, 0.29) is 0 Å². The van der Waals surface area contributed by atoms with Gasteiger partial charge in [-0.15, -0.1) is 0 Å². The molecule has 0 radical (unpaired) electrons. The summed E-state index contributed by atoms with van der Waals surface area (Å²) < 4.78 is 40.0. The standard InChI is InChI=1S/C20H20F3N3/c1-25(13-17-7-9-18(10-8-17)20(21,22)23)15-19-24-11-12-26(19)14-16-5-3-2-4-6-16/h2-12H,13-15H2,1H3. The quantitative estimate of drug-likeness (QED) is 0.642. The van der Waals surface area contributed by atoms with Crippen molar-refractivity contribution in [3.8, 4) is 0 Å². The van der Waals surface area contributed by atoms with Crippen molar-refractivity contribution in [2.24, 2.45) is 0 Å². The van der Waals surface area contributed by atoms with E-state index in [2.05, 4.69) is 21.7 Å². The number of rotatable bonds is 6. The third kappa shape index (κ3) is 4.73. The number of hydrogen-bond acceptors (Lipinski definition) is 2. The van der Waals surface area contributed by atoms with Crippen LogP contribution in [0.25, 0.3) is 0 Å². The van der Waals surface area contributed by atoms with Gasteiger partial charge in [0.15, 0.2) is 0 Å². The predicted molar refractivity (Wildman–Crippen MR) is 94.4 cm³/mol. The number of halogens is 3. The Morgan fingerprint density at radius 1 is 0.923 bits per heavy atom. The van der Waals surface area contributed by atoms with Crippen LogP contribution in [0.3, 0.4) is 0 Å². The molecule has 3 aromatic rings. The Bertz CT molecular complexity index is 824. The summed E-state index contributed by atoms with van der Waals surface area (Å²) in [6, 6.07) is 15.4. The Hall–Kier alpha value is -2.60. The smallest absolute Gasteiger partial charge is 0.329 e. The number of hydrogen-bond donors (Lipinski definition) is 0. The molecule has 6 heteroatoms. The molecule has 0 spiro atoms. The molecule has 3 rings (SSSR count). The molecule has 0 atom stereocenters. The van der Waals surface area contributed by atoms with E-state index in [9.17, 15) is 13.2 Å². The highest BCUT2D eigenvalue weighted by Gasteiger charge is 2.29. The molecule has 0 bridgehead atoms. The minimum atomic E-state index is -4.30. The van der Waals surface area contributed by atoms with Crippen molar-refractivity contribution in [1.29, 1.82) is 0 Å². The third-order valence-electron chi connectivity index (χ3n) is 4.14. The molecule has 0 saturated heterocycles. The van der Waals surface area contributed by atoms with Crippen molar-refractivity contribution < 1.29 is 13.2 Å². The molecule has 3 nitrogen and oxygen atoms in total. The van der Waals surface area contributed by atoms with Crippen molar-refractivity contribution in [2.45, 2.75) is 25.8 Å². The van der Waals surface area contributed by atoms with Gasteiger partial charge in [0.2, 0.25) is 0 Å². The van der Waals surface area contributed by atoms with Crippen LogP contribution in [0, 0.1) is 0 Å². The summed E-state index contributed by atoms with van der Waals surface area (Å²) in [5, 5.41) is 0. The van der Waals surface area contributed by atoms with E-state index >= 15 is 0 Å². The van der Waals surface area contributed by atoms with Gasteiger partial charge in [0.05, 0.1) is 12.1 Å². The second-order valence-electron chi connectivity index (χ2n) is 6.32. The fraction of sp³-hybridized carbons (Fsp3) is 0.250. The number of nitrogens with zero attached hydrogens (tertiary/aromatic N) is 3. The molecule has 0 aliphatic carbocycles. The SMILES string of the molecule is CN(Cc1ccc(C(F)(F)F)cc1)Cc1nccn1Cc1ccccc1. The average Bonchev–Trinajstić information content (AvgIpc) is 3.02. The van der Waals surface area contributed by atoms with E-state index in [4.69, 9.17) is 0 Å². The zero-order valence-electron chi connectivity index (χ0n) is 14.4. The van der Waals surface area contributed by atoms with Crippen LogP contribution >= 0.6 is 0 Å². The second kappa shape index (κ2) is 7.74. The lowest BCUT2D eigenvalue weighted by Gasteiger charge is -2.18. The van der Waals surface area contributed by atoms with Crippen LogP contribution in [0.4, 0.5) is 13.2 Å². The molecule has 0 aliphatic rings. The summed E-state index contributed by atoms with van der Waals surface area (Å²) in [5.41, 5.74) is 1.40. The highest BCUT2D eigenvalue weighted by Crippen LogP contribution is 2.29. The van der Waals surface area contributed by atoms with Crippen LogP contribution in [0.5, 0.6) is 0 Å². The Morgan fingerprint density at radius 2 is 1.62 bits per heavy atom. The highest BCUT2D eigenvalue weighted by atomic mass is 19.4. The van der Waals surface area contributed by atoms with E-state index in [1.165, 1.54) is 17.7 Å². The van der Waals surface area contributed by atoms with Crippen molar-refractivity contribution in [3.63, 3.8) is 0 Å². The van der Waals surface area contributed by atoms with Crippen LogP contribution in [0.1, 0.15) is 22.5 Å². The topological polar surface area (TPSA) is 21.1 Å². The predicted octanol–water partition coefficient (Wildman–Crippen LogP) is 4.58. The fourth-order valence-corrected chi connectivity index (χ4v) is 2.82. The first-order chi connectivity index (χ1) is 12.4. The largest absolute Gasteiger partial charge is 0.416 e. The minimum absolute atomic E-state index is 0.552. The van der Waals surface area contributed by atoms with E-state index in [1.54, 1.807) is 6.20 Å². The van der Waals surface area contributed by atoms with Crippen LogP contribution in [-0.4, -0.2) is 21.5 Å². The van der Waals surface area contributed by atoms with Gasteiger partial charge in [0, 0.05) is 25.5 Å². The Labute approximate surface area is 150 Å². The first-order valence-corrected chi connectivity index (χ1v) is 8.30. The zero-order chi connectivity index (χ0) is 18.6. The van der Waals surface area contributed by atoms with Crippen LogP contribution < -0.4 is 0 Å². The van der Waals surface area contributed by atoms with Crippen molar-refractivity contribution in [3.05, 3.63) is 89.5 Å². The zero-order valence-corrected chi connectivity index (χ0v) is 14.4. The molecule has 0 amide bonds. The fourth-order valence-electron chi connectivity index (χ4n) is 2.82. The molecule has 0 unspecified atom stereocenters. The molecule has 0 fully saturated rings. The maximum absolute atomic E-state index is 12.6. The summed E-state index contributed by atoms with van der Waals surface area (Å²) >= 11 is 0. The van der Waals surface area contributed by atoms with Gasteiger partial charge in [-0.1, -0.05) is 42.5 Å². The summed E-state index contributed by atoms with van der Waals surface area (Å²) in [7, 11) is 1.93. The molecule has 0 N–H and O–H groups in total. The van der Waals surface area contributed by atoms with Gasteiger partial charge in [-0.3, -0.25) is 4.90 Å². The van der Waals surface area contributed by atoms with Gasteiger partial charge in [-0.25, -0.2) is 4.98 Å². The molecule has 1 aromatic heterocycles. The number of aromatic nitrogens is 2. The van der Waals surface area contributed by atoms with Gasteiger partial charge < -0.3 is 4.57 Å². The summed E-state index contributed by atoms with van der Waals surface area (Å²) in [6.07, 6.45) is -0.592. The molecule has 136 valence electrons. The van der Waals surface area contributed by atoms with Gasteiger partial charge in [0.1, 0.15) is 5.82 Å². The number of benzene rings is 2. The Morgan fingerprint density at radius 3 is 2.27 bits per heavy atom. The van der Waals surface area contributed by atoms with Gasteiger partial charge in [-0.2, -0.15) is 13.2 Å². The lowest BCUT2D eigenvalue weighted by molar-refractivity contribution is -0.137. The van der Waals surface area contributed by atoms with Crippen molar-refractivity contribution in [2.75, 3.05) is 7.05 Å². The normalized spacial score (nSPS) is 11.9. The lowest BCUT2D eigenvalue weighted by atomic mass is 10.1. The van der Waals surface area contributed by atoms with Gasteiger partial charge >= 0.3 is 6.18 Å². The number of imidazole rings is 1. The molecule has 0 saturated carbocycles. The second-order valence-corrected chi connectivity index (χ2v) is 6.32.